The number of aromatic nitrogens is 3. The molecule has 4 heterocycles. The molecule has 0 aromatic carbocycles. The standard InChI is InChI=1S/C18H20N4O3/c23-16(8-13-3-1-2-6-19-13)22-9-12-7-14(24-15(12)10-22)18-21-20-17(25-18)11-4-5-11/h1-3,6,11-12,14-15H,4-5,7-10H2/t12-,14-,15+/m1/s1. The summed E-state index contributed by atoms with van der Waals surface area (Å²) >= 11 is 0. The molecule has 7 nitrogen and oxygen atoms in total. The first-order valence-corrected chi connectivity index (χ1v) is 8.92. The minimum absolute atomic E-state index is 0.0638. The van der Waals surface area contributed by atoms with Crippen molar-refractivity contribution in [3.8, 4) is 0 Å². The van der Waals surface area contributed by atoms with Crippen molar-refractivity contribution in [3.05, 3.63) is 41.9 Å². The first-order valence-electron chi connectivity index (χ1n) is 8.92. The molecule has 5 rings (SSSR count). The molecule has 3 fully saturated rings. The van der Waals surface area contributed by atoms with Crippen molar-refractivity contribution in [3.63, 3.8) is 0 Å². The van der Waals surface area contributed by atoms with Crippen LogP contribution in [0.15, 0.2) is 28.8 Å². The molecular weight excluding hydrogens is 320 g/mol. The van der Waals surface area contributed by atoms with Crippen LogP contribution in [-0.4, -0.2) is 45.2 Å². The van der Waals surface area contributed by atoms with E-state index in [-0.39, 0.29) is 18.1 Å². The van der Waals surface area contributed by atoms with Gasteiger partial charge in [-0.15, -0.1) is 10.2 Å². The highest BCUT2D eigenvalue weighted by molar-refractivity contribution is 5.78. The third kappa shape index (κ3) is 2.93. The van der Waals surface area contributed by atoms with Gasteiger partial charge in [-0.1, -0.05) is 6.07 Å². The Labute approximate surface area is 145 Å². The first kappa shape index (κ1) is 15.0. The van der Waals surface area contributed by atoms with E-state index in [9.17, 15) is 4.79 Å². The highest BCUT2D eigenvalue weighted by Crippen LogP contribution is 2.43. The lowest BCUT2D eigenvalue weighted by molar-refractivity contribution is -0.130. The molecule has 2 saturated heterocycles. The van der Waals surface area contributed by atoms with Gasteiger partial charge in [0.1, 0.15) is 6.10 Å². The lowest BCUT2D eigenvalue weighted by Crippen LogP contribution is -2.32. The summed E-state index contributed by atoms with van der Waals surface area (Å²) in [5, 5.41) is 8.30. The number of nitrogens with zero attached hydrogens (tertiary/aromatic N) is 4. The van der Waals surface area contributed by atoms with Gasteiger partial charge >= 0.3 is 0 Å². The van der Waals surface area contributed by atoms with Crippen LogP contribution in [0.4, 0.5) is 0 Å². The Hall–Kier alpha value is -2.28. The Kier molecular flexibility index (Phi) is 3.55. The van der Waals surface area contributed by atoms with E-state index >= 15 is 0 Å². The van der Waals surface area contributed by atoms with E-state index in [0.29, 0.717) is 30.7 Å². The fourth-order valence-electron chi connectivity index (χ4n) is 3.77. The second-order valence-electron chi connectivity index (χ2n) is 7.21. The van der Waals surface area contributed by atoms with Gasteiger partial charge in [-0.25, -0.2) is 0 Å². The third-order valence-electron chi connectivity index (χ3n) is 5.31. The monoisotopic (exact) mass is 340 g/mol. The highest BCUT2D eigenvalue weighted by Gasteiger charge is 2.45. The number of pyridine rings is 1. The zero-order chi connectivity index (χ0) is 16.8. The number of carbonyl (C=O) groups excluding carboxylic acids is 1. The minimum Gasteiger partial charge on any atom is -0.422 e. The normalized spacial score (nSPS) is 28.3. The van der Waals surface area contributed by atoms with Crippen molar-refractivity contribution in [1.29, 1.82) is 0 Å². The Bertz CT molecular complexity index is 760. The zero-order valence-electron chi connectivity index (χ0n) is 13.9. The van der Waals surface area contributed by atoms with E-state index in [2.05, 4.69) is 15.2 Å². The van der Waals surface area contributed by atoms with Gasteiger partial charge in [-0.3, -0.25) is 9.78 Å². The van der Waals surface area contributed by atoms with Gasteiger partial charge in [0.25, 0.3) is 0 Å². The number of ether oxygens (including phenoxy) is 1. The lowest BCUT2D eigenvalue weighted by Gasteiger charge is -2.18. The summed E-state index contributed by atoms with van der Waals surface area (Å²) < 4.78 is 11.9. The number of rotatable bonds is 4. The molecule has 2 aromatic heterocycles. The Morgan fingerprint density at radius 3 is 2.84 bits per heavy atom. The number of hydrogen-bond donors (Lipinski definition) is 0. The molecule has 130 valence electrons. The Balaban J connectivity index is 1.19. The van der Waals surface area contributed by atoms with Crippen LogP contribution in [0.25, 0.3) is 0 Å². The summed E-state index contributed by atoms with van der Waals surface area (Å²) in [6.07, 6.45) is 5.13. The summed E-state index contributed by atoms with van der Waals surface area (Å²) in [6, 6.07) is 5.64. The van der Waals surface area contributed by atoms with E-state index in [1.807, 2.05) is 23.1 Å². The SMILES string of the molecule is O=C(Cc1ccccn1)N1C[C@H]2C[C@H](c3nnc(C4CC4)o3)O[C@H]2C1. The van der Waals surface area contributed by atoms with E-state index in [0.717, 1.165) is 37.4 Å². The minimum atomic E-state index is -0.122. The van der Waals surface area contributed by atoms with Gasteiger partial charge in [-0.05, 0) is 31.4 Å². The predicted molar refractivity (Wildman–Crippen MR) is 86.5 cm³/mol. The topological polar surface area (TPSA) is 81.4 Å². The summed E-state index contributed by atoms with van der Waals surface area (Å²) in [7, 11) is 0. The van der Waals surface area contributed by atoms with Gasteiger partial charge in [0.05, 0.1) is 12.5 Å². The highest BCUT2D eigenvalue weighted by atomic mass is 16.5. The van der Waals surface area contributed by atoms with Crippen molar-refractivity contribution < 1.29 is 13.9 Å². The van der Waals surface area contributed by atoms with Crippen LogP contribution < -0.4 is 0 Å². The quantitative estimate of drug-likeness (QED) is 0.845. The van der Waals surface area contributed by atoms with Crippen LogP contribution >= 0.6 is 0 Å². The van der Waals surface area contributed by atoms with Gasteiger partial charge < -0.3 is 14.1 Å². The van der Waals surface area contributed by atoms with Crippen LogP contribution in [0.1, 0.15) is 48.8 Å². The predicted octanol–water partition coefficient (Wildman–Crippen LogP) is 1.87. The number of carbonyl (C=O) groups is 1. The summed E-state index contributed by atoms with van der Waals surface area (Å²) in [5.74, 6) is 2.27. The van der Waals surface area contributed by atoms with Gasteiger partial charge in [0.15, 0.2) is 0 Å². The van der Waals surface area contributed by atoms with E-state index < -0.39 is 0 Å². The van der Waals surface area contributed by atoms with E-state index in [1.54, 1.807) is 6.20 Å². The summed E-state index contributed by atoms with van der Waals surface area (Å²) in [5.41, 5.74) is 0.807. The number of amides is 1. The lowest BCUT2D eigenvalue weighted by atomic mass is 10.0. The second kappa shape index (κ2) is 5.91. The molecule has 0 bridgehead atoms. The molecule has 1 saturated carbocycles. The summed E-state index contributed by atoms with van der Waals surface area (Å²) in [6.45, 7) is 1.37. The van der Waals surface area contributed by atoms with Crippen molar-refractivity contribution in [2.75, 3.05) is 13.1 Å². The molecule has 1 aliphatic carbocycles. The molecule has 0 spiro atoms. The van der Waals surface area contributed by atoms with Gasteiger partial charge in [0.2, 0.25) is 17.7 Å². The number of hydrogen-bond acceptors (Lipinski definition) is 6. The third-order valence-corrected chi connectivity index (χ3v) is 5.31. The van der Waals surface area contributed by atoms with Crippen LogP contribution in [-0.2, 0) is 16.0 Å². The van der Waals surface area contributed by atoms with E-state index in [4.69, 9.17) is 9.15 Å². The molecule has 2 aliphatic heterocycles. The molecule has 1 amide bonds. The average molecular weight is 340 g/mol. The van der Waals surface area contributed by atoms with Crippen LogP contribution in [0, 0.1) is 5.92 Å². The smallest absolute Gasteiger partial charge is 0.245 e. The van der Waals surface area contributed by atoms with Crippen molar-refractivity contribution >= 4 is 5.91 Å². The van der Waals surface area contributed by atoms with Crippen molar-refractivity contribution in [2.45, 2.75) is 43.8 Å². The fourth-order valence-corrected chi connectivity index (χ4v) is 3.77. The molecule has 0 N–H and O–H groups in total. The molecule has 2 aromatic rings. The van der Waals surface area contributed by atoms with Crippen molar-refractivity contribution in [1.82, 2.24) is 20.1 Å². The van der Waals surface area contributed by atoms with Crippen LogP contribution in [0.2, 0.25) is 0 Å². The molecule has 3 atom stereocenters. The molecule has 7 heteroatoms. The largest absolute Gasteiger partial charge is 0.422 e. The summed E-state index contributed by atoms with van der Waals surface area (Å²) in [4.78, 5) is 18.6. The maximum Gasteiger partial charge on any atom is 0.245 e. The Morgan fingerprint density at radius 2 is 2.08 bits per heavy atom. The molecule has 3 aliphatic rings. The van der Waals surface area contributed by atoms with Gasteiger partial charge in [0, 0.05) is 36.8 Å². The van der Waals surface area contributed by atoms with Crippen LogP contribution in [0.3, 0.4) is 0 Å². The molecule has 0 unspecified atom stereocenters. The van der Waals surface area contributed by atoms with Crippen molar-refractivity contribution in [2.24, 2.45) is 5.92 Å². The number of likely N-dealkylation sites (tertiary alicyclic amines) is 1. The maximum atomic E-state index is 12.5. The van der Waals surface area contributed by atoms with Crippen LogP contribution in [0.5, 0.6) is 0 Å². The Morgan fingerprint density at radius 1 is 1.20 bits per heavy atom. The second-order valence-corrected chi connectivity index (χ2v) is 7.21. The molecule has 0 radical (unpaired) electrons. The first-order chi connectivity index (χ1) is 12.3. The van der Waals surface area contributed by atoms with Gasteiger partial charge in [-0.2, -0.15) is 0 Å². The maximum absolute atomic E-state index is 12.5. The molecular formula is C18H20N4O3. The fraction of sp³-hybridized carbons (Fsp3) is 0.556. The molecule has 25 heavy (non-hydrogen) atoms. The van der Waals surface area contributed by atoms with E-state index in [1.165, 1.54) is 0 Å². The zero-order valence-corrected chi connectivity index (χ0v) is 13.9. The average Bonchev–Trinajstić information content (AvgIpc) is 3.04. The number of fused-ring (bicyclic) bond motifs is 1.